The van der Waals surface area contributed by atoms with Gasteiger partial charge in [0.1, 0.15) is 0 Å². The van der Waals surface area contributed by atoms with E-state index in [9.17, 15) is 3.89 Å². The molecule has 0 unspecified atom stereocenters. The van der Waals surface area contributed by atoms with E-state index in [1.165, 1.54) is 31.3 Å². The van der Waals surface area contributed by atoms with Gasteiger partial charge >= 0.3 is 5.78 Å². The topological polar surface area (TPSA) is 68.5 Å². The first-order valence-electron chi connectivity index (χ1n) is 7.03. The van der Waals surface area contributed by atoms with E-state index in [4.69, 9.17) is 17.4 Å². The van der Waals surface area contributed by atoms with Gasteiger partial charge in [-0.1, -0.05) is 30.3 Å². The Labute approximate surface area is 142 Å². The molecule has 24 heavy (non-hydrogen) atoms. The fourth-order valence-electron chi connectivity index (χ4n) is 2.75. The smallest absolute Gasteiger partial charge is 0.323 e. The first-order valence-corrected chi connectivity index (χ1v) is 9.16. The van der Waals surface area contributed by atoms with Gasteiger partial charge in [0, 0.05) is 26.2 Å². The summed E-state index contributed by atoms with van der Waals surface area (Å²) >= 11 is 1.88. The predicted octanol–water partition coefficient (Wildman–Crippen LogP) is 3.77. The fourth-order valence-corrected chi connectivity index (χ4v) is 4.00. The molecule has 0 saturated heterocycles. The Morgan fingerprint density at radius 1 is 1.12 bits per heavy atom. The maximum absolute atomic E-state index is 10.1. The van der Waals surface area contributed by atoms with Crippen LogP contribution in [0.4, 0.5) is 3.89 Å². The van der Waals surface area contributed by atoms with Crippen molar-refractivity contribution < 1.29 is 21.3 Å². The maximum atomic E-state index is 10.1. The summed E-state index contributed by atoms with van der Waals surface area (Å²) in [5, 5.41) is 2.73. The van der Waals surface area contributed by atoms with Crippen LogP contribution >= 0.6 is 11.3 Å². The number of halogens is 1. The highest BCUT2D eigenvalue weighted by Crippen LogP contribution is 2.38. The molecule has 0 radical (unpaired) electrons. The third-order valence-electron chi connectivity index (χ3n) is 3.74. The van der Waals surface area contributed by atoms with Crippen molar-refractivity contribution in [3.05, 3.63) is 53.6 Å². The van der Waals surface area contributed by atoms with E-state index in [1.807, 2.05) is 11.3 Å². The number of benzene rings is 2. The Morgan fingerprint density at radius 3 is 2.54 bits per heavy atom. The first kappa shape index (κ1) is 16.8. The second-order valence-electron chi connectivity index (χ2n) is 5.19. The van der Waals surface area contributed by atoms with E-state index >= 15 is 0 Å². The van der Waals surface area contributed by atoms with Gasteiger partial charge in [0.25, 0.3) is 17.6 Å². The van der Waals surface area contributed by atoms with Crippen LogP contribution in [0.1, 0.15) is 11.1 Å². The van der Waals surface area contributed by atoms with Crippen molar-refractivity contribution in [2.24, 2.45) is 0 Å². The Kier molecular flexibility index (Phi) is 4.49. The highest BCUT2D eigenvalue weighted by atomic mass is 32.3. The molecule has 4 nitrogen and oxygen atoms in total. The molecule has 0 aliphatic heterocycles. The number of thiophene rings is 1. The number of fused-ring (bicyclic) bond motifs is 5. The SMILES string of the molecule is C[O+]=C1C=Cc2c(ccc3c2sc2ccccc23)C1.O=S(=O)([O-])F. The molecule has 4 rings (SSSR count). The Bertz CT molecular complexity index is 1070. The normalized spacial score (nSPS) is 15.4. The van der Waals surface area contributed by atoms with Crippen LogP contribution < -0.4 is 0 Å². The van der Waals surface area contributed by atoms with Crippen LogP contribution in [0, 0.1) is 0 Å². The van der Waals surface area contributed by atoms with E-state index in [1.54, 1.807) is 7.11 Å². The standard InChI is InChI=1S/C17H13OS.FHO3S/c1-18-12-7-9-13-11(10-12)6-8-15-14-4-2-3-5-16(14)19-17(13)15;1-5(2,3)4/h2-9H,10H2,1H3;(H,2,3,4)/q+1;/p-1. The zero-order chi connectivity index (χ0) is 17.3. The molecule has 1 aromatic heterocycles. The molecular formula is C17H13FO4S2. The number of carbonyl (C=O) groups excluding carboxylic acids is 1. The summed E-state index contributed by atoms with van der Waals surface area (Å²) in [7, 11) is -3.68. The number of hydrogen-bond donors (Lipinski definition) is 0. The molecule has 124 valence electrons. The van der Waals surface area contributed by atoms with Gasteiger partial charge in [0.05, 0.1) is 6.42 Å². The molecule has 1 aliphatic carbocycles. The lowest BCUT2D eigenvalue weighted by molar-refractivity contribution is -0.420. The monoisotopic (exact) mass is 364 g/mol. The Hall–Kier alpha value is -2.09. The van der Waals surface area contributed by atoms with E-state index in [2.05, 4.69) is 48.6 Å². The van der Waals surface area contributed by atoms with E-state index in [0.29, 0.717) is 0 Å². The number of rotatable bonds is 0. The van der Waals surface area contributed by atoms with Crippen molar-refractivity contribution in [1.29, 1.82) is 0 Å². The molecule has 0 amide bonds. The summed E-state index contributed by atoms with van der Waals surface area (Å²) in [5.74, 6) is 1.04. The van der Waals surface area contributed by atoms with Gasteiger partial charge in [-0.15, -0.1) is 15.2 Å². The van der Waals surface area contributed by atoms with Gasteiger partial charge in [-0.25, -0.2) is 8.42 Å². The van der Waals surface area contributed by atoms with E-state index in [-0.39, 0.29) is 0 Å². The molecule has 1 aliphatic rings. The average molecular weight is 364 g/mol. The summed E-state index contributed by atoms with van der Waals surface area (Å²) in [6, 6.07) is 13.1. The number of ketones is 1. The van der Waals surface area contributed by atoms with Crippen molar-refractivity contribution in [2.45, 2.75) is 6.42 Å². The minimum Gasteiger partial charge on any atom is -0.722 e. The van der Waals surface area contributed by atoms with Crippen LogP contribution in [0.5, 0.6) is 0 Å². The number of allylic oxidation sites excluding steroid dienone is 1. The van der Waals surface area contributed by atoms with Crippen LogP contribution in [0.3, 0.4) is 0 Å². The fraction of sp³-hybridized carbons (Fsp3) is 0.118. The molecule has 7 heteroatoms. The van der Waals surface area contributed by atoms with E-state index in [0.717, 1.165) is 12.2 Å². The second kappa shape index (κ2) is 6.43. The van der Waals surface area contributed by atoms with Crippen LogP contribution in [0.15, 0.2) is 42.5 Å². The summed E-state index contributed by atoms with van der Waals surface area (Å²) in [4.78, 5) is 0. The molecule has 0 spiro atoms. The minimum absolute atomic E-state index is 0.895. The third kappa shape index (κ3) is 3.53. The second-order valence-corrected chi connectivity index (χ2v) is 7.03. The maximum Gasteiger partial charge on any atom is 0.323 e. The molecule has 0 saturated carbocycles. The van der Waals surface area contributed by atoms with Gasteiger partial charge in [-0.3, -0.25) is 4.42 Å². The third-order valence-corrected chi connectivity index (χ3v) is 4.96. The highest BCUT2D eigenvalue weighted by Gasteiger charge is 2.19. The first-order chi connectivity index (χ1) is 11.4. The largest absolute Gasteiger partial charge is 0.722 e. The molecular weight excluding hydrogens is 351 g/mol. The van der Waals surface area contributed by atoms with Crippen molar-refractivity contribution >= 4 is 53.9 Å². The molecule has 0 N–H and O–H groups in total. The van der Waals surface area contributed by atoms with Crippen molar-refractivity contribution in [2.75, 3.05) is 7.11 Å². The predicted molar refractivity (Wildman–Crippen MR) is 93.8 cm³/mol. The van der Waals surface area contributed by atoms with Gasteiger partial charge in [0.15, 0.2) is 0 Å². The number of hydrogen-bond acceptors (Lipinski definition) is 4. The summed E-state index contributed by atoms with van der Waals surface area (Å²) in [6.07, 6.45) is 5.17. The lowest BCUT2D eigenvalue weighted by Gasteiger charge is -2.08. The Morgan fingerprint density at radius 2 is 1.83 bits per heavy atom. The van der Waals surface area contributed by atoms with E-state index < -0.39 is 10.5 Å². The van der Waals surface area contributed by atoms with Crippen LogP contribution in [-0.4, -0.2) is 25.9 Å². The van der Waals surface area contributed by atoms with Crippen LogP contribution in [0.2, 0.25) is 0 Å². The van der Waals surface area contributed by atoms with Gasteiger partial charge in [-0.05, 0) is 23.3 Å². The zero-order valence-corrected chi connectivity index (χ0v) is 14.3. The Balaban J connectivity index is 0.000000300. The summed E-state index contributed by atoms with van der Waals surface area (Å²) in [5.41, 5.74) is 2.72. The van der Waals surface area contributed by atoms with Crippen LogP contribution in [0.25, 0.3) is 26.2 Å². The molecule has 0 atom stereocenters. The lowest BCUT2D eigenvalue weighted by atomic mass is 9.95. The zero-order valence-electron chi connectivity index (χ0n) is 12.7. The van der Waals surface area contributed by atoms with Gasteiger partial charge in [0.2, 0.25) is 0 Å². The van der Waals surface area contributed by atoms with Gasteiger partial charge in [-0.2, -0.15) is 0 Å². The van der Waals surface area contributed by atoms with Crippen LogP contribution in [-0.2, 0) is 21.3 Å². The molecule has 0 fully saturated rings. The average Bonchev–Trinajstić information content (AvgIpc) is 2.91. The van der Waals surface area contributed by atoms with Crippen molar-refractivity contribution in [3.8, 4) is 0 Å². The van der Waals surface area contributed by atoms with Gasteiger partial charge < -0.3 is 4.55 Å². The lowest BCUT2D eigenvalue weighted by Crippen LogP contribution is -2.07. The quantitative estimate of drug-likeness (QED) is 0.346. The molecule has 2 aromatic carbocycles. The molecule has 3 aromatic rings. The molecule has 1 heterocycles. The van der Waals surface area contributed by atoms with Crippen molar-refractivity contribution in [1.82, 2.24) is 0 Å². The summed E-state index contributed by atoms with van der Waals surface area (Å²) in [6.45, 7) is 0. The highest BCUT2D eigenvalue weighted by molar-refractivity contribution is 7.80. The summed E-state index contributed by atoms with van der Waals surface area (Å²) < 4.78 is 43.4. The molecule has 0 bridgehead atoms. The minimum atomic E-state index is -5.42. The van der Waals surface area contributed by atoms with Crippen molar-refractivity contribution in [3.63, 3.8) is 0 Å².